The molecule has 0 spiro atoms. The molecule has 1 aromatic carbocycles. The fourth-order valence-electron chi connectivity index (χ4n) is 2.43. The summed E-state index contributed by atoms with van der Waals surface area (Å²) in [4.78, 5) is 15.3. The van der Waals surface area contributed by atoms with Crippen molar-refractivity contribution < 1.29 is 4.92 Å². The van der Waals surface area contributed by atoms with Crippen LogP contribution in [0.4, 0.5) is 5.69 Å². The number of nitro benzene ring substituents is 1. The predicted octanol–water partition coefficient (Wildman–Crippen LogP) is 2.54. The first-order chi connectivity index (χ1) is 9.56. The average molecular weight is 342 g/mol. The molecule has 0 radical (unpaired) electrons. The Kier molecular flexibility index (Phi) is 5.51. The second kappa shape index (κ2) is 7.15. The van der Waals surface area contributed by atoms with Gasteiger partial charge in [-0.15, -0.1) is 0 Å². The molecule has 0 saturated carbocycles. The van der Waals surface area contributed by atoms with Crippen LogP contribution in [0.25, 0.3) is 0 Å². The summed E-state index contributed by atoms with van der Waals surface area (Å²) >= 11 is 3.47. The molecule has 110 valence electrons. The van der Waals surface area contributed by atoms with Crippen LogP contribution in [-0.2, 0) is 6.42 Å². The highest BCUT2D eigenvalue weighted by atomic mass is 79.9. The van der Waals surface area contributed by atoms with E-state index in [1.165, 1.54) is 6.07 Å². The van der Waals surface area contributed by atoms with Crippen LogP contribution in [0.5, 0.6) is 0 Å². The van der Waals surface area contributed by atoms with E-state index in [2.05, 4.69) is 32.8 Å². The number of non-ortho nitro benzene ring substituents is 1. The van der Waals surface area contributed by atoms with Gasteiger partial charge in [0.05, 0.1) is 4.92 Å². The number of rotatable bonds is 5. The van der Waals surface area contributed by atoms with Gasteiger partial charge in [-0.1, -0.05) is 15.9 Å². The van der Waals surface area contributed by atoms with Crippen LogP contribution in [-0.4, -0.2) is 54.5 Å². The number of likely N-dealkylation sites (N-methyl/N-ethyl adjacent to an activating group) is 1. The van der Waals surface area contributed by atoms with Crippen molar-refractivity contribution in [3.63, 3.8) is 0 Å². The lowest BCUT2D eigenvalue weighted by atomic mass is 10.1. The lowest BCUT2D eigenvalue weighted by molar-refractivity contribution is -0.384. The third-order valence-electron chi connectivity index (χ3n) is 3.76. The number of hydrogen-bond acceptors (Lipinski definition) is 4. The fourth-order valence-corrected chi connectivity index (χ4v) is 2.88. The molecule has 0 aliphatic carbocycles. The number of benzene rings is 1. The number of piperazine rings is 1. The molecule has 20 heavy (non-hydrogen) atoms. The third kappa shape index (κ3) is 4.26. The molecule has 0 unspecified atom stereocenters. The van der Waals surface area contributed by atoms with Crippen molar-refractivity contribution in [3.8, 4) is 0 Å². The van der Waals surface area contributed by atoms with Crippen LogP contribution in [0.3, 0.4) is 0 Å². The maximum atomic E-state index is 10.8. The molecule has 0 atom stereocenters. The summed E-state index contributed by atoms with van der Waals surface area (Å²) in [7, 11) is 2.15. The Hall–Kier alpha value is -0.980. The SMILES string of the molecule is CN1CCN(CCCc2cc([N+](=O)[O-])ccc2Br)CC1. The Balaban J connectivity index is 1.84. The molecular weight excluding hydrogens is 322 g/mol. The van der Waals surface area contributed by atoms with Gasteiger partial charge in [0.1, 0.15) is 0 Å². The Labute approximate surface area is 127 Å². The summed E-state index contributed by atoms with van der Waals surface area (Å²) in [6.07, 6.45) is 1.90. The van der Waals surface area contributed by atoms with Crippen LogP contribution in [0.2, 0.25) is 0 Å². The largest absolute Gasteiger partial charge is 0.304 e. The van der Waals surface area contributed by atoms with E-state index < -0.39 is 0 Å². The Bertz CT molecular complexity index is 473. The van der Waals surface area contributed by atoms with Gasteiger partial charge in [-0.2, -0.15) is 0 Å². The maximum absolute atomic E-state index is 10.8. The molecule has 2 rings (SSSR count). The molecule has 0 aromatic heterocycles. The van der Waals surface area contributed by atoms with Crippen molar-refractivity contribution in [2.75, 3.05) is 39.8 Å². The van der Waals surface area contributed by atoms with Gasteiger partial charge in [-0.3, -0.25) is 10.1 Å². The highest BCUT2D eigenvalue weighted by Gasteiger charge is 2.14. The number of nitro groups is 1. The number of nitrogens with zero attached hydrogens (tertiary/aromatic N) is 3. The third-order valence-corrected chi connectivity index (χ3v) is 4.53. The second-order valence-corrected chi connectivity index (χ2v) is 6.14. The van der Waals surface area contributed by atoms with E-state index in [1.54, 1.807) is 12.1 Å². The summed E-state index contributed by atoms with van der Waals surface area (Å²) in [5.41, 5.74) is 1.19. The standard InChI is InChI=1S/C14H20BrN3O2/c1-16-7-9-17(10-8-16)6-2-3-12-11-13(18(19)20)4-5-14(12)15/h4-5,11H,2-3,6-10H2,1H3. The molecule has 1 heterocycles. The lowest BCUT2D eigenvalue weighted by Crippen LogP contribution is -2.44. The van der Waals surface area contributed by atoms with E-state index in [-0.39, 0.29) is 10.6 Å². The van der Waals surface area contributed by atoms with Crippen molar-refractivity contribution in [2.45, 2.75) is 12.8 Å². The number of aryl methyl sites for hydroxylation is 1. The lowest BCUT2D eigenvalue weighted by Gasteiger charge is -2.32. The summed E-state index contributed by atoms with van der Waals surface area (Å²) in [5.74, 6) is 0. The van der Waals surface area contributed by atoms with Crippen molar-refractivity contribution in [1.29, 1.82) is 0 Å². The molecular formula is C14H20BrN3O2. The van der Waals surface area contributed by atoms with E-state index >= 15 is 0 Å². The monoisotopic (exact) mass is 341 g/mol. The van der Waals surface area contributed by atoms with Crippen LogP contribution in [0.1, 0.15) is 12.0 Å². The van der Waals surface area contributed by atoms with Gasteiger partial charge in [0.25, 0.3) is 5.69 Å². The summed E-state index contributed by atoms with van der Waals surface area (Å²) in [6.45, 7) is 5.54. The highest BCUT2D eigenvalue weighted by Crippen LogP contribution is 2.23. The highest BCUT2D eigenvalue weighted by molar-refractivity contribution is 9.10. The molecule has 1 saturated heterocycles. The average Bonchev–Trinajstić information content (AvgIpc) is 2.43. The molecule has 5 nitrogen and oxygen atoms in total. The van der Waals surface area contributed by atoms with Crippen LogP contribution < -0.4 is 0 Å². The van der Waals surface area contributed by atoms with Crippen LogP contribution >= 0.6 is 15.9 Å². The quantitative estimate of drug-likeness (QED) is 0.610. The first kappa shape index (κ1) is 15.4. The van der Waals surface area contributed by atoms with Crippen molar-refractivity contribution in [3.05, 3.63) is 38.3 Å². The fraction of sp³-hybridized carbons (Fsp3) is 0.571. The van der Waals surface area contributed by atoms with Gasteiger partial charge in [0.2, 0.25) is 0 Å². The summed E-state index contributed by atoms with van der Waals surface area (Å²) in [6, 6.07) is 4.98. The summed E-state index contributed by atoms with van der Waals surface area (Å²) in [5, 5.41) is 10.8. The molecule has 0 bridgehead atoms. The minimum Gasteiger partial charge on any atom is -0.304 e. The van der Waals surface area contributed by atoms with Gasteiger partial charge >= 0.3 is 0 Å². The topological polar surface area (TPSA) is 49.6 Å². The van der Waals surface area contributed by atoms with Gasteiger partial charge in [-0.25, -0.2) is 0 Å². The molecule has 1 aliphatic heterocycles. The van der Waals surface area contributed by atoms with Crippen LogP contribution in [0, 0.1) is 10.1 Å². The Morgan fingerprint density at radius 3 is 2.65 bits per heavy atom. The smallest absolute Gasteiger partial charge is 0.269 e. The zero-order valence-electron chi connectivity index (χ0n) is 11.7. The molecule has 0 amide bonds. The minimum absolute atomic E-state index is 0.169. The number of hydrogen-bond donors (Lipinski definition) is 0. The molecule has 1 aliphatic rings. The zero-order chi connectivity index (χ0) is 14.5. The minimum atomic E-state index is -0.337. The van der Waals surface area contributed by atoms with E-state index in [9.17, 15) is 10.1 Å². The van der Waals surface area contributed by atoms with Crippen molar-refractivity contribution in [1.82, 2.24) is 9.80 Å². The van der Waals surface area contributed by atoms with E-state index in [0.29, 0.717) is 0 Å². The normalized spacial score (nSPS) is 17.3. The molecule has 1 aromatic rings. The summed E-state index contributed by atoms with van der Waals surface area (Å²) < 4.78 is 0.960. The zero-order valence-corrected chi connectivity index (χ0v) is 13.3. The second-order valence-electron chi connectivity index (χ2n) is 5.28. The van der Waals surface area contributed by atoms with Gasteiger partial charge in [-0.05, 0) is 38.1 Å². The van der Waals surface area contributed by atoms with Gasteiger partial charge in [0, 0.05) is 42.8 Å². The van der Waals surface area contributed by atoms with Crippen molar-refractivity contribution >= 4 is 21.6 Å². The van der Waals surface area contributed by atoms with Gasteiger partial charge in [0.15, 0.2) is 0 Å². The Morgan fingerprint density at radius 2 is 2.00 bits per heavy atom. The first-order valence-corrected chi connectivity index (χ1v) is 7.69. The molecule has 0 N–H and O–H groups in total. The first-order valence-electron chi connectivity index (χ1n) is 6.90. The number of halogens is 1. The van der Waals surface area contributed by atoms with Gasteiger partial charge < -0.3 is 9.80 Å². The molecule has 1 fully saturated rings. The van der Waals surface area contributed by atoms with E-state index in [0.717, 1.165) is 55.6 Å². The Morgan fingerprint density at radius 1 is 1.30 bits per heavy atom. The maximum Gasteiger partial charge on any atom is 0.269 e. The molecule has 6 heteroatoms. The van der Waals surface area contributed by atoms with E-state index in [4.69, 9.17) is 0 Å². The van der Waals surface area contributed by atoms with Crippen LogP contribution in [0.15, 0.2) is 22.7 Å². The predicted molar refractivity (Wildman–Crippen MR) is 83.1 cm³/mol. The van der Waals surface area contributed by atoms with Crippen molar-refractivity contribution in [2.24, 2.45) is 0 Å². The van der Waals surface area contributed by atoms with E-state index in [1.807, 2.05) is 0 Å².